The van der Waals surface area contributed by atoms with E-state index in [9.17, 15) is 17.6 Å². The fourth-order valence-corrected chi connectivity index (χ4v) is 4.63. The monoisotopic (exact) mass is 567 g/mol. The molecule has 0 atom stereocenters. The first-order valence-electron chi connectivity index (χ1n) is 10.2. The Morgan fingerprint density at radius 2 is 1.91 bits per heavy atom. The highest BCUT2D eigenvalue weighted by molar-refractivity contribution is 9.10. The van der Waals surface area contributed by atoms with Crippen LogP contribution < -0.4 is 10.2 Å². The second kappa shape index (κ2) is 11.0. The van der Waals surface area contributed by atoms with E-state index in [-0.39, 0.29) is 6.54 Å². The molecular weight excluding hydrogens is 550 g/mol. The number of methoxy groups -OCH3 is 1. The number of hydrogen-bond acceptors (Lipinski definition) is 6. The van der Waals surface area contributed by atoms with Gasteiger partial charge in [-0.3, -0.25) is 10.1 Å². The quantitative estimate of drug-likeness (QED) is 0.132. The molecule has 12 heteroatoms. The lowest BCUT2D eigenvalue weighted by molar-refractivity contribution is 0.139. The molecule has 35 heavy (non-hydrogen) atoms. The fraction of sp³-hybridized carbons (Fsp3) is 0.174. The van der Waals surface area contributed by atoms with Crippen molar-refractivity contribution in [2.45, 2.75) is 19.4 Å². The Hall–Kier alpha value is -3.25. The topological polar surface area (TPSA) is 64.3 Å². The van der Waals surface area contributed by atoms with E-state index in [1.54, 1.807) is 18.2 Å². The summed E-state index contributed by atoms with van der Waals surface area (Å²) in [7, 11) is 1.43. The van der Waals surface area contributed by atoms with Crippen LogP contribution in [0.2, 0.25) is 0 Å². The molecule has 0 bridgehead atoms. The summed E-state index contributed by atoms with van der Waals surface area (Å²) in [5.41, 5.74) is 4.42. The molecule has 0 aliphatic rings. The lowest BCUT2D eigenvalue weighted by Gasteiger charge is -2.12. The Morgan fingerprint density at radius 1 is 1.14 bits per heavy atom. The first-order valence-corrected chi connectivity index (χ1v) is 11.8. The third-order valence-corrected chi connectivity index (χ3v) is 6.50. The lowest BCUT2D eigenvalue weighted by atomic mass is 10.1. The molecule has 0 amide bonds. The minimum atomic E-state index is -3.00. The number of hydrogen-bond donors (Lipinski definition) is 1. The molecule has 2 heterocycles. The number of alkyl halides is 4. The van der Waals surface area contributed by atoms with Crippen molar-refractivity contribution in [3.63, 3.8) is 0 Å². The van der Waals surface area contributed by atoms with Gasteiger partial charge in [0.25, 0.3) is 12.9 Å². The van der Waals surface area contributed by atoms with Gasteiger partial charge in [-0.2, -0.15) is 10.2 Å². The van der Waals surface area contributed by atoms with Gasteiger partial charge in [0.15, 0.2) is 0 Å². The van der Waals surface area contributed by atoms with Crippen molar-refractivity contribution >= 4 is 38.6 Å². The zero-order valence-electron chi connectivity index (χ0n) is 18.1. The fourth-order valence-electron chi connectivity index (χ4n) is 3.33. The summed E-state index contributed by atoms with van der Waals surface area (Å²) in [6.07, 6.45) is -4.46. The number of aromatic nitrogens is 3. The van der Waals surface area contributed by atoms with E-state index in [1.807, 2.05) is 35.7 Å². The van der Waals surface area contributed by atoms with Crippen molar-refractivity contribution in [2.24, 2.45) is 5.10 Å². The Kier molecular flexibility index (Phi) is 7.81. The van der Waals surface area contributed by atoms with Crippen molar-refractivity contribution in [3.05, 3.63) is 80.9 Å². The minimum absolute atomic E-state index is 0.198. The predicted octanol–water partition coefficient (Wildman–Crippen LogP) is 7.15. The van der Waals surface area contributed by atoms with Crippen LogP contribution >= 0.6 is 27.3 Å². The second-order valence-electron chi connectivity index (χ2n) is 7.19. The zero-order valence-corrected chi connectivity index (χ0v) is 20.5. The summed E-state index contributed by atoms with van der Waals surface area (Å²) < 4.78 is 59.3. The molecule has 0 unspecified atom stereocenters. The molecule has 2 aromatic heterocycles. The van der Waals surface area contributed by atoms with Gasteiger partial charge in [-0.25, -0.2) is 22.5 Å². The zero-order chi connectivity index (χ0) is 24.9. The molecule has 2 aromatic carbocycles. The van der Waals surface area contributed by atoms with Crippen LogP contribution in [0.5, 0.6) is 5.75 Å². The number of rotatable bonds is 9. The number of benzene rings is 2. The summed E-state index contributed by atoms with van der Waals surface area (Å²) in [4.78, 5) is 4.49. The van der Waals surface area contributed by atoms with E-state index in [2.05, 4.69) is 36.5 Å². The maximum atomic E-state index is 13.6. The molecule has 0 spiro atoms. The van der Waals surface area contributed by atoms with Gasteiger partial charge in [-0.1, -0.05) is 30.3 Å². The normalized spacial score (nSPS) is 11.7. The van der Waals surface area contributed by atoms with Crippen molar-refractivity contribution in [2.75, 3.05) is 12.5 Å². The van der Waals surface area contributed by atoms with Gasteiger partial charge in [-0.15, -0.1) is 11.3 Å². The van der Waals surface area contributed by atoms with Gasteiger partial charge in [0.1, 0.15) is 17.1 Å². The number of hydrazone groups is 1. The van der Waals surface area contributed by atoms with Crippen LogP contribution in [0.1, 0.15) is 35.4 Å². The summed E-state index contributed by atoms with van der Waals surface area (Å²) >= 11 is 4.23. The second-order valence-corrected chi connectivity index (χ2v) is 8.84. The Morgan fingerprint density at radius 3 is 2.60 bits per heavy atom. The molecule has 4 rings (SSSR count). The highest BCUT2D eigenvalue weighted by Gasteiger charge is 2.28. The molecule has 0 aliphatic heterocycles. The van der Waals surface area contributed by atoms with E-state index in [0.717, 1.165) is 15.9 Å². The van der Waals surface area contributed by atoms with E-state index in [1.165, 1.54) is 24.7 Å². The van der Waals surface area contributed by atoms with Crippen LogP contribution in [0.4, 0.5) is 22.7 Å². The standard InChI is InChI=1S/C23H18BrF4N5OS/c1-34-17-8-7-13(10-29-31-23-30-16(12-35-23)14-5-3-2-4-6-14)9-15(17)11-33-20(22(27)28)18(24)19(32-33)21(25)26/h2-10,12,21-22H,11H2,1H3,(H,30,31). The Balaban J connectivity index is 1.53. The molecule has 0 saturated heterocycles. The van der Waals surface area contributed by atoms with Crippen LogP contribution in [-0.2, 0) is 6.54 Å². The number of nitrogens with one attached hydrogen (secondary N) is 1. The maximum absolute atomic E-state index is 13.6. The number of halogens is 5. The molecule has 0 fully saturated rings. The third kappa shape index (κ3) is 5.70. The lowest BCUT2D eigenvalue weighted by Crippen LogP contribution is -2.09. The summed E-state index contributed by atoms with van der Waals surface area (Å²) in [6, 6.07) is 14.7. The number of anilines is 1. The number of thiazole rings is 1. The molecule has 0 aliphatic carbocycles. The first-order chi connectivity index (χ1) is 16.9. The van der Waals surface area contributed by atoms with Crippen LogP contribution in [0.3, 0.4) is 0 Å². The average Bonchev–Trinajstić information content (AvgIpc) is 3.44. The smallest absolute Gasteiger partial charge is 0.283 e. The number of ether oxygens (including phenoxy) is 1. The molecule has 182 valence electrons. The third-order valence-electron chi connectivity index (χ3n) is 4.94. The van der Waals surface area contributed by atoms with Gasteiger partial charge < -0.3 is 4.74 Å². The molecule has 4 aromatic rings. The van der Waals surface area contributed by atoms with Gasteiger partial charge in [-0.05, 0) is 39.7 Å². The average molecular weight is 568 g/mol. The van der Waals surface area contributed by atoms with E-state index >= 15 is 0 Å². The van der Waals surface area contributed by atoms with Gasteiger partial charge in [0, 0.05) is 16.5 Å². The molecule has 0 radical (unpaired) electrons. The van der Waals surface area contributed by atoms with Gasteiger partial charge >= 0.3 is 0 Å². The summed E-state index contributed by atoms with van der Waals surface area (Å²) in [5.74, 6) is 0.396. The molecule has 0 saturated carbocycles. The minimum Gasteiger partial charge on any atom is -0.496 e. The predicted molar refractivity (Wildman–Crippen MR) is 131 cm³/mol. The van der Waals surface area contributed by atoms with E-state index in [4.69, 9.17) is 4.74 Å². The Labute approximate surface area is 210 Å². The highest BCUT2D eigenvalue weighted by atomic mass is 79.9. The van der Waals surface area contributed by atoms with Crippen LogP contribution in [-0.4, -0.2) is 28.1 Å². The maximum Gasteiger partial charge on any atom is 0.283 e. The van der Waals surface area contributed by atoms with Crippen LogP contribution in [0.15, 0.2) is 63.5 Å². The van der Waals surface area contributed by atoms with Gasteiger partial charge in [0.2, 0.25) is 5.13 Å². The highest BCUT2D eigenvalue weighted by Crippen LogP contribution is 2.36. The van der Waals surface area contributed by atoms with Crippen molar-refractivity contribution < 1.29 is 22.3 Å². The summed E-state index contributed by atoms with van der Waals surface area (Å²) in [6.45, 7) is -0.198. The number of nitrogens with zero attached hydrogens (tertiary/aromatic N) is 4. The van der Waals surface area contributed by atoms with E-state index in [0.29, 0.717) is 22.0 Å². The largest absolute Gasteiger partial charge is 0.496 e. The summed E-state index contributed by atoms with van der Waals surface area (Å²) in [5, 5.41) is 10.4. The van der Waals surface area contributed by atoms with Crippen LogP contribution in [0.25, 0.3) is 11.3 Å². The Bertz CT molecular complexity index is 1330. The molecular formula is C23H18BrF4N5OS. The SMILES string of the molecule is COc1ccc(C=NNc2nc(-c3ccccc3)cs2)cc1Cn1nc(C(F)F)c(Br)c1C(F)F. The van der Waals surface area contributed by atoms with Crippen LogP contribution in [0, 0.1) is 0 Å². The van der Waals surface area contributed by atoms with Crippen molar-refractivity contribution in [1.29, 1.82) is 0 Å². The van der Waals surface area contributed by atoms with Crippen molar-refractivity contribution in [3.8, 4) is 17.0 Å². The van der Waals surface area contributed by atoms with Gasteiger partial charge in [0.05, 0.1) is 30.0 Å². The van der Waals surface area contributed by atoms with Crippen molar-refractivity contribution in [1.82, 2.24) is 14.8 Å². The molecule has 6 nitrogen and oxygen atoms in total. The molecule has 1 N–H and O–H groups in total. The first kappa shape index (κ1) is 24.9. The van der Waals surface area contributed by atoms with E-state index < -0.39 is 28.7 Å².